The van der Waals surface area contributed by atoms with E-state index < -0.39 is 17.2 Å². The first-order chi connectivity index (χ1) is 15.1. The number of allylic oxidation sites excluding steroid dienone is 2. The Bertz CT molecular complexity index is 1430. The highest BCUT2D eigenvalue weighted by atomic mass is 35.5. The number of ketones is 1. The zero-order valence-electron chi connectivity index (χ0n) is 17.3. The molecule has 3 heterocycles. The molecular formula is C23H19Cl2N3O4. The van der Waals surface area contributed by atoms with Crippen LogP contribution >= 0.6 is 23.2 Å². The van der Waals surface area contributed by atoms with Gasteiger partial charge in [0, 0.05) is 23.3 Å². The summed E-state index contributed by atoms with van der Waals surface area (Å²) in [5, 5.41) is 3.86. The van der Waals surface area contributed by atoms with Crippen molar-refractivity contribution in [3.8, 4) is 11.3 Å². The lowest BCUT2D eigenvalue weighted by Gasteiger charge is -2.37. The molecule has 0 fully saturated rings. The van der Waals surface area contributed by atoms with Crippen LogP contribution in [0.25, 0.3) is 11.3 Å². The number of carbonyl (C=O) groups excluding carboxylic acids is 1. The topological polar surface area (TPSA) is 108 Å². The molecule has 0 spiro atoms. The molecule has 2 aliphatic rings. The van der Waals surface area contributed by atoms with Crippen LogP contribution in [0, 0.1) is 5.41 Å². The average Bonchev–Trinajstić information content (AvgIpc) is 3.17. The molecule has 0 bridgehead atoms. The van der Waals surface area contributed by atoms with Gasteiger partial charge in [0.05, 0.1) is 21.5 Å². The van der Waals surface area contributed by atoms with Crippen molar-refractivity contribution in [3.05, 3.63) is 83.8 Å². The Morgan fingerprint density at radius 1 is 1.03 bits per heavy atom. The number of rotatable bonds is 2. The molecule has 7 nitrogen and oxygen atoms in total. The Hall–Kier alpha value is -3.03. The van der Waals surface area contributed by atoms with Crippen LogP contribution in [-0.2, 0) is 4.79 Å². The standard InChI is InChI=1S/C23H19Cl2N3O4/c1-23(2)8-12-16(13(29)9-23)17(18-20(26-12)27-22(31)28-21(18)30)15-7-6-14(32-15)10-4-3-5-11(24)19(10)25/h3-7,17H,8-9H2,1-2H3,(H3,26,27,28,30,31). The van der Waals surface area contributed by atoms with Crippen LogP contribution in [0.4, 0.5) is 5.82 Å². The van der Waals surface area contributed by atoms with Gasteiger partial charge in [0.25, 0.3) is 5.56 Å². The maximum absolute atomic E-state index is 13.2. The summed E-state index contributed by atoms with van der Waals surface area (Å²) in [5.74, 6) is 0.295. The second kappa shape index (κ2) is 7.25. The van der Waals surface area contributed by atoms with Gasteiger partial charge in [-0.15, -0.1) is 0 Å². The minimum absolute atomic E-state index is 0.0660. The summed E-state index contributed by atoms with van der Waals surface area (Å²) in [6.07, 6.45) is 0.931. The fourth-order valence-corrected chi connectivity index (χ4v) is 4.97. The quantitative estimate of drug-likeness (QED) is 0.495. The predicted octanol–water partition coefficient (Wildman–Crippen LogP) is 4.83. The molecule has 5 rings (SSSR count). The number of fused-ring (bicyclic) bond motifs is 1. The van der Waals surface area contributed by atoms with Crippen LogP contribution < -0.4 is 16.6 Å². The van der Waals surface area contributed by atoms with Crippen LogP contribution in [0.3, 0.4) is 0 Å². The van der Waals surface area contributed by atoms with Crippen LogP contribution in [-0.4, -0.2) is 15.8 Å². The van der Waals surface area contributed by atoms with Gasteiger partial charge < -0.3 is 9.73 Å². The van der Waals surface area contributed by atoms with Gasteiger partial charge in [0.2, 0.25) is 0 Å². The minimum atomic E-state index is -0.767. The molecule has 0 radical (unpaired) electrons. The molecular weight excluding hydrogens is 453 g/mol. The molecule has 32 heavy (non-hydrogen) atoms. The highest BCUT2D eigenvalue weighted by molar-refractivity contribution is 6.43. The van der Waals surface area contributed by atoms with E-state index >= 15 is 0 Å². The number of anilines is 1. The maximum atomic E-state index is 13.2. The monoisotopic (exact) mass is 471 g/mol. The lowest BCUT2D eigenvalue weighted by atomic mass is 9.70. The second-order valence-electron chi connectivity index (χ2n) is 8.89. The van der Waals surface area contributed by atoms with Crippen molar-refractivity contribution in [2.24, 2.45) is 5.41 Å². The average molecular weight is 472 g/mol. The summed E-state index contributed by atoms with van der Waals surface area (Å²) in [7, 11) is 0. The lowest BCUT2D eigenvalue weighted by Crippen LogP contribution is -2.38. The largest absolute Gasteiger partial charge is 0.460 e. The summed E-state index contributed by atoms with van der Waals surface area (Å²) in [6, 6.07) is 8.65. The Labute approximate surface area is 192 Å². The molecule has 164 valence electrons. The van der Waals surface area contributed by atoms with Crippen molar-refractivity contribution in [1.29, 1.82) is 0 Å². The molecule has 0 amide bonds. The fourth-order valence-electron chi connectivity index (χ4n) is 4.58. The van der Waals surface area contributed by atoms with E-state index in [9.17, 15) is 14.4 Å². The van der Waals surface area contributed by atoms with E-state index in [1.54, 1.807) is 30.3 Å². The van der Waals surface area contributed by atoms with Crippen LogP contribution in [0.2, 0.25) is 10.0 Å². The smallest absolute Gasteiger partial charge is 0.327 e. The summed E-state index contributed by atoms with van der Waals surface area (Å²) in [5.41, 5.74) is 0.529. The molecule has 9 heteroatoms. The van der Waals surface area contributed by atoms with Gasteiger partial charge >= 0.3 is 5.69 Å². The summed E-state index contributed by atoms with van der Waals surface area (Å²) >= 11 is 12.5. The first-order valence-electron chi connectivity index (χ1n) is 10.1. The van der Waals surface area contributed by atoms with Crippen molar-refractivity contribution < 1.29 is 9.21 Å². The number of furan rings is 1. The van der Waals surface area contributed by atoms with E-state index in [4.69, 9.17) is 27.6 Å². The predicted molar refractivity (Wildman–Crippen MR) is 122 cm³/mol. The van der Waals surface area contributed by atoms with Gasteiger partial charge in [-0.05, 0) is 36.1 Å². The van der Waals surface area contributed by atoms with Crippen molar-refractivity contribution in [2.75, 3.05) is 5.32 Å². The number of hydrogen-bond donors (Lipinski definition) is 3. The molecule has 2 aromatic heterocycles. The van der Waals surface area contributed by atoms with Gasteiger partial charge in [-0.2, -0.15) is 0 Å². The molecule has 1 atom stereocenters. The number of hydrogen-bond acceptors (Lipinski definition) is 5. The van der Waals surface area contributed by atoms with Crippen LogP contribution in [0.15, 0.2) is 55.6 Å². The summed E-state index contributed by atoms with van der Waals surface area (Å²) < 4.78 is 6.13. The number of nitrogens with one attached hydrogen (secondary N) is 3. The normalized spacial score (nSPS) is 19.4. The van der Waals surface area contributed by atoms with Crippen molar-refractivity contribution >= 4 is 34.8 Å². The number of Topliss-reactive ketones (excluding diaryl/α,β-unsaturated/α-hetero) is 1. The van der Waals surface area contributed by atoms with Gasteiger partial charge in [-0.25, -0.2) is 4.79 Å². The minimum Gasteiger partial charge on any atom is -0.460 e. The van der Waals surface area contributed by atoms with E-state index in [0.717, 1.165) is 0 Å². The Balaban J connectivity index is 1.72. The third kappa shape index (κ3) is 3.32. The van der Waals surface area contributed by atoms with Gasteiger partial charge in [0.15, 0.2) is 5.78 Å². The van der Waals surface area contributed by atoms with E-state index in [2.05, 4.69) is 15.3 Å². The molecule has 0 saturated heterocycles. The number of halogens is 2. The molecule has 1 aliphatic carbocycles. The number of aromatic amines is 2. The Morgan fingerprint density at radius 3 is 2.59 bits per heavy atom. The molecule has 1 unspecified atom stereocenters. The zero-order valence-corrected chi connectivity index (χ0v) is 18.8. The van der Waals surface area contributed by atoms with Gasteiger partial charge in [-0.3, -0.25) is 19.6 Å². The fraction of sp³-hybridized carbons (Fsp3) is 0.261. The number of aromatic nitrogens is 2. The van der Waals surface area contributed by atoms with E-state index in [1.165, 1.54) is 0 Å². The third-order valence-electron chi connectivity index (χ3n) is 5.88. The third-order valence-corrected chi connectivity index (χ3v) is 6.70. The molecule has 1 aliphatic heterocycles. The Morgan fingerprint density at radius 2 is 1.81 bits per heavy atom. The SMILES string of the molecule is CC1(C)CC(=O)C2=C(C1)Nc1[nH]c(=O)[nH]c(=O)c1C2c1ccc(-c2cccc(Cl)c2Cl)o1. The highest BCUT2D eigenvalue weighted by Gasteiger charge is 2.43. The van der Waals surface area contributed by atoms with Crippen molar-refractivity contribution in [3.63, 3.8) is 0 Å². The Kier molecular flexibility index (Phi) is 4.72. The summed E-state index contributed by atoms with van der Waals surface area (Å²) in [6.45, 7) is 4.02. The van der Waals surface area contributed by atoms with Crippen LogP contribution in [0.1, 0.15) is 43.9 Å². The zero-order chi connectivity index (χ0) is 22.8. The number of benzene rings is 1. The molecule has 1 aromatic carbocycles. The lowest BCUT2D eigenvalue weighted by molar-refractivity contribution is -0.118. The van der Waals surface area contributed by atoms with Crippen LogP contribution in [0.5, 0.6) is 0 Å². The second-order valence-corrected chi connectivity index (χ2v) is 9.68. The van der Waals surface area contributed by atoms with Crippen molar-refractivity contribution in [1.82, 2.24) is 9.97 Å². The first kappa shape index (κ1) is 20.8. The maximum Gasteiger partial charge on any atom is 0.327 e. The summed E-state index contributed by atoms with van der Waals surface area (Å²) in [4.78, 5) is 42.9. The number of H-pyrrole nitrogens is 2. The van der Waals surface area contributed by atoms with Crippen molar-refractivity contribution in [2.45, 2.75) is 32.6 Å². The molecule has 3 N–H and O–H groups in total. The first-order valence-corrected chi connectivity index (χ1v) is 10.8. The highest BCUT2D eigenvalue weighted by Crippen LogP contribution is 2.48. The van der Waals surface area contributed by atoms with E-state index in [-0.39, 0.29) is 22.6 Å². The molecule has 3 aromatic rings. The van der Waals surface area contributed by atoms with Gasteiger partial charge in [0.1, 0.15) is 17.3 Å². The molecule has 0 saturated carbocycles. The van der Waals surface area contributed by atoms with E-state index in [0.29, 0.717) is 51.2 Å². The van der Waals surface area contributed by atoms with E-state index in [1.807, 2.05) is 13.8 Å². The number of carbonyl (C=O) groups is 1. The van der Waals surface area contributed by atoms with Gasteiger partial charge in [-0.1, -0.05) is 43.1 Å².